The summed E-state index contributed by atoms with van der Waals surface area (Å²) in [6, 6.07) is 12.9. The molecule has 2 aromatic carbocycles. The molecule has 3 heteroatoms. The summed E-state index contributed by atoms with van der Waals surface area (Å²) in [7, 11) is 0. The van der Waals surface area contributed by atoms with Crippen molar-refractivity contribution in [2.45, 2.75) is 40.7 Å². The minimum Gasteiger partial charge on any atom is -0.356 e. The molecule has 2 nitrogen and oxygen atoms in total. The predicted molar refractivity (Wildman–Crippen MR) is 99.6 cm³/mol. The average molecular weight is 312 g/mol. The molecule has 0 bridgehead atoms. The second kappa shape index (κ2) is 6.93. The fourth-order valence-corrected chi connectivity index (χ4v) is 2.92. The van der Waals surface area contributed by atoms with Crippen LogP contribution >= 0.6 is 12.2 Å². The molecule has 2 N–H and O–H groups in total. The molecule has 2 rings (SSSR count). The van der Waals surface area contributed by atoms with E-state index in [1.54, 1.807) is 0 Å². The van der Waals surface area contributed by atoms with Crippen molar-refractivity contribution in [3.05, 3.63) is 64.2 Å². The van der Waals surface area contributed by atoms with E-state index in [0.29, 0.717) is 5.11 Å². The normalized spacial score (nSPS) is 11.9. The number of anilines is 1. The van der Waals surface area contributed by atoms with Crippen LogP contribution in [0.15, 0.2) is 36.4 Å². The Morgan fingerprint density at radius 1 is 1.00 bits per heavy atom. The van der Waals surface area contributed by atoms with Crippen LogP contribution in [0.2, 0.25) is 0 Å². The smallest absolute Gasteiger partial charge is 0.171 e. The van der Waals surface area contributed by atoms with Crippen LogP contribution in [0.3, 0.4) is 0 Å². The topological polar surface area (TPSA) is 24.1 Å². The second-order valence-electron chi connectivity index (χ2n) is 5.93. The molecule has 0 saturated carbocycles. The van der Waals surface area contributed by atoms with Gasteiger partial charge in [-0.3, -0.25) is 0 Å². The fourth-order valence-electron chi connectivity index (χ4n) is 2.63. The molecule has 0 aromatic heterocycles. The van der Waals surface area contributed by atoms with Crippen LogP contribution in [0.5, 0.6) is 0 Å². The van der Waals surface area contributed by atoms with Crippen molar-refractivity contribution >= 4 is 23.0 Å². The van der Waals surface area contributed by atoms with Crippen LogP contribution in [0.4, 0.5) is 5.69 Å². The minimum absolute atomic E-state index is 0.172. The first-order valence-electron chi connectivity index (χ1n) is 7.59. The maximum absolute atomic E-state index is 5.46. The zero-order valence-corrected chi connectivity index (χ0v) is 14.8. The Balaban J connectivity index is 2.07. The Morgan fingerprint density at radius 3 is 2.41 bits per heavy atom. The lowest BCUT2D eigenvalue weighted by molar-refractivity contribution is 0.717. The number of rotatable bonds is 3. The van der Waals surface area contributed by atoms with Crippen molar-refractivity contribution in [2.75, 3.05) is 5.32 Å². The van der Waals surface area contributed by atoms with Crippen molar-refractivity contribution in [1.29, 1.82) is 0 Å². The van der Waals surface area contributed by atoms with E-state index in [4.69, 9.17) is 12.2 Å². The zero-order valence-electron chi connectivity index (χ0n) is 13.9. The van der Waals surface area contributed by atoms with Crippen molar-refractivity contribution in [3.63, 3.8) is 0 Å². The molecule has 1 unspecified atom stereocenters. The molecular weight excluding hydrogens is 288 g/mol. The summed E-state index contributed by atoms with van der Waals surface area (Å²) in [5, 5.41) is 7.33. The largest absolute Gasteiger partial charge is 0.356 e. The molecule has 0 aliphatic rings. The Labute approximate surface area is 139 Å². The van der Waals surface area contributed by atoms with Crippen LogP contribution in [0, 0.1) is 27.7 Å². The van der Waals surface area contributed by atoms with Gasteiger partial charge in [-0.2, -0.15) is 0 Å². The Bertz CT molecular complexity index is 692. The molecule has 0 spiro atoms. The first-order chi connectivity index (χ1) is 10.4. The summed E-state index contributed by atoms with van der Waals surface area (Å²) < 4.78 is 0. The van der Waals surface area contributed by atoms with E-state index in [2.05, 4.69) is 75.6 Å². The third-order valence-electron chi connectivity index (χ3n) is 4.09. The summed E-state index contributed by atoms with van der Waals surface area (Å²) in [6.45, 7) is 10.6. The van der Waals surface area contributed by atoms with Gasteiger partial charge in [0.05, 0.1) is 6.04 Å². The van der Waals surface area contributed by atoms with E-state index >= 15 is 0 Å². The molecule has 0 aliphatic heterocycles. The lowest BCUT2D eigenvalue weighted by atomic mass is 10.0. The second-order valence-corrected chi connectivity index (χ2v) is 6.34. The van der Waals surface area contributed by atoms with Gasteiger partial charge in [-0.1, -0.05) is 35.9 Å². The Morgan fingerprint density at radius 2 is 1.73 bits per heavy atom. The van der Waals surface area contributed by atoms with Crippen molar-refractivity contribution in [2.24, 2.45) is 0 Å². The molecule has 2 aromatic rings. The molecule has 116 valence electrons. The van der Waals surface area contributed by atoms with E-state index in [-0.39, 0.29) is 6.04 Å². The third kappa shape index (κ3) is 3.86. The zero-order chi connectivity index (χ0) is 16.3. The van der Waals surface area contributed by atoms with Crippen LogP contribution in [0.1, 0.15) is 40.8 Å². The monoisotopic (exact) mass is 312 g/mol. The molecule has 0 radical (unpaired) electrons. The summed E-state index contributed by atoms with van der Waals surface area (Å²) in [5.74, 6) is 0. The molecular formula is C19H24N2S. The first kappa shape index (κ1) is 16.5. The first-order valence-corrected chi connectivity index (χ1v) is 8.00. The highest BCUT2D eigenvalue weighted by atomic mass is 32.1. The van der Waals surface area contributed by atoms with Gasteiger partial charge in [0, 0.05) is 5.69 Å². The van der Waals surface area contributed by atoms with Gasteiger partial charge in [-0.25, -0.2) is 0 Å². The van der Waals surface area contributed by atoms with Gasteiger partial charge < -0.3 is 10.6 Å². The summed E-state index contributed by atoms with van der Waals surface area (Å²) >= 11 is 5.46. The van der Waals surface area contributed by atoms with Crippen LogP contribution < -0.4 is 10.6 Å². The number of hydrogen-bond acceptors (Lipinski definition) is 1. The fraction of sp³-hybridized carbons (Fsp3) is 0.316. The van der Waals surface area contributed by atoms with Crippen molar-refractivity contribution in [3.8, 4) is 0 Å². The minimum atomic E-state index is 0.172. The van der Waals surface area contributed by atoms with Gasteiger partial charge in [0.2, 0.25) is 0 Å². The highest BCUT2D eigenvalue weighted by Gasteiger charge is 2.10. The van der Waals surface area contributed by atoms with Gasteiger partial charge in [0.25, 0.3) is 0 Å². The van der Waals surface area contributed by atoms with E-state index in [0.717, 1.165) is 5.69 Å². The summed E-state index contributed by atoms with van der Waals surface area (Å²) in [4.78, 5) is 0. The van der Waals surface area contributed by atoms with Gasteiger partial charge in [-0.15, -0.1) is 0 Å². The van der Waals surface area contributed by atoms with E-state index < -0.39 is 0 Å². The number of nitrogens with one attached hydrogen (secondary N) is 2. The van der Waals surface area contributed by atoms with E-state index in [1.165, 1.54) is 27.8 Å². The standard InChI is InChI=1S/C19H24N2S/c1-12-9-10-17(14(3)11-12)16(5)20-19(22)21-18-8-6-7-13(2)15(18)4/h6-11,16H,1-5H3,(H2,20,21,22). The number of hydrogen-bond donors (Lipinski definition) is 2. The Kier molecular flexibility index (Phi) is 5.19. The van der Waals surface area contributed by atoms with E-state index in [1.807, 2.05) is 6.07 Å². The van der Waals surface area contributed by atoms with Crippen molar-refractivity contribution < 1.29 is 0 Å². The van der Waals surface area contributed by atoms with Crippen LogP contribution in [-0.4, -0.2) is 5.11 Å². The molecule has 0 heterocycles. The lowest BCUT2D eigenvalue weighted by Gasteiger charge is -2.20. The van der Waals surface area contributed by atoms with E-state index in [9.17, 15) is 0 Å². The predicted octanol–water partition coefficient (Wildman–Crippen LogP) is 4.97. The molecule has 0 saturated heterocycles. The number of benzene rings is 2. The van der Waals surface area contributed by atoms with Crippen LogP contribution in [0.25, 0.3) is 0 Å². The molecule has 1 atom stereocenters. The molecule has 0 fully saturated rings. The van der Waals surface area contributed by atoms with Gasteiger partial charge >= 0.3 is 0 Å². The highest BCUT2D eigenvalue weighted by Crippen LogP contribution is 2.20. The number of thiocarbonyl (C=S) groups is 1. The lowest BCUT2D eigenvalue weighted by Crippen LogP contribution is -2.31. The van der Waals surface area contributed by atoms with Crippen LogP contribution in [-0.2, 0) is 0 Å². The highest BCUT2D eigenvalue weighted by molar-refractivity contribution is 7.80. The molecule has 0 amide bonds. The van der Waals surface area contributed by atoms with Crippen molar-refractivity contribution in [1.82, 2.24) is 5.32 Å². The Hall–Kier alpha value is -1.87. The maximum atomic E-state index is 5.46. The third-order valence-corrected chi connectivity index (χ3v) is 4.31. The average Bonchev–Trinajstić information content (AvgIpc) is 2.43. The number of aryl methyl sites for hydroxylation is 3. The summed E-state index contributed by atoms with van der Waals surface area (Å²) in [5.41, 5.74) is 7.39. The maximum Gasteiger partial charge on any atom is 0.171 e. The summed E-state index contributed by atoms with van der Waals surface area (Å²) in [6.07, 6.45) is 0. The SMILES string of the molecule is Cc1ccc(C(C)NC(=S)Nc2cccc(C)c2C)c(C)c1. The quantitative estimate of drug-likeness (QED) is 0.783. The molecule has 22 heavy (non-hydrogen) atoms. The van der Waals surface area contributed by atoms with Gasteiger partial charge in [0.15, 0.2) is 5.11 Å². The van der Waals surface area contributed by atoms with Gasteiger partial charge in [-0.05, 0) is 75.2 Å². The molecule has 0 aliphatic carbocycles. The van der Waals surface area contributed by atoms with Gasteiger partial charge in [0.1, 0.15) is 0 Å².